The minimum atomic E-state index is -4.48. The molecule has 1 aliphatic carbocycles. The van der Waals surface area contributed by atoms with Gasteiger partial charge in [0.15, 0.2) is 5.69 Å². The molecule has 4 rings (SSSR count). The third kappa shape index (κ3) is 4.01. The number of nitrogens with one attached hydrogen (secondary N) is 1. The van der Waals surface area contributed by atoms with Gasteiger partial charge in [0.25, 0.3) is 5.91 Å². The van der Waals surface area contributed by atoms with Gasteiger partial charge in [-0.05, 0) is 49.4 Å². The Hall–Kier alpha value is -3.16. The Balaban J connectivity index is 1.66. The lowest BCUT2D eigenvalue weighted by Crippen LogP contribution is -2.17. The fraction of sp³-hybridized carbons (Fsp3) is 0.286. The maximum atomic E-state index is 13.4. The lowest BCUT2D eigenvalue weighted by molar-refractivity contribution is -0.142. The molecule has 0 saturated carbocycles. The Morgan fingerprint density at radius 1 is 1.07 bits per heavy atom. The number of halogens is 3. The van der Waals surface area contributed by atoms with Crippen molar-refractivity contribution in [1.29, 1.82) is 0 Å². The van der Waals surface area contributed by atoms with Gasteiger partial charge in [0.1, 0.15) is 5.82 Å². The van der Waals surface area contributed by atoms with Gasteiger partial charge in [0.2, 0.25) is 0 Å². The smallest absolute Gasteiger partial charge is 0.307 e. The maximum absolute atomic E-state index is 13.4. The number of benzene rings is 1. The highest BCUT2D eigenvalue weighted by molar-refractivity contribution is 6.04. The molecule has 1 aliphatic rings. The van der Waals surface area contributed by atoms with E-state index in [9.17, 15) is 18.0 Å². The number of pyridine rings is 1. The molecule has 0 unspecified atom stereocenters. The Morgan fingerprint density at radius 3 is 2.59 bits per heavy atom. The third-order valence-electron chi connectivity index (χ3n) is 5.01. The molecule has 29 heavy (non-hydrogen) atoms. The fourth-order valence-corrected chi connectivity index (χ4v) is 3.69. The summed E-state index contributed by atoms with van der Waals surface area (Å²) in [6, 6.07) is 12.0. The lowest BCUT2D eigenvalue weighted by atomic mass is 9.95. The second kappa shape index (κ2) is 7.69. The standard InChI is InChI=1S/C21H19F3N4O/c22-21(23,24)19-16-9-3-4-10-17(16)28(27-19)13-14-7-1-2-8-15(14)20(29)26-18-11-5-6-12-25-18/h1-2,5-8,11-12H,3-4,9-10,13H2,(H,25,26,29). The number of alkyl halides is 3. The van der Waals surface area contributed by atoms with Crippen molar-refractivity contribution in [1.82, 2.24) is 14.8 Å². The van der Waals surface area contributed by atoms with E-state index in [1.54, 1.807) is 48.7 Å². The Morgan fingerprint density at radius 2 is 1.83 bits per heavy atom. The summed E-state index contributed by atoms with van der Waals surface area (Å²) in [5, 5.41) is 6.61. The number of aromatic nitrogens is 3. The predicted molar refractivity (Wildman–Crippen MR) is 102 cm³/mol. The minimum Gasteiger partial charge on any atom is -0.307 e. The van der Waals surface area contributed by atoms with Crippen LogP contribution in [0.15, 0.2) is 48.7 Å². The van der Waals surface area contributed by atoms with E-state index < -0.39 is 11.9 Å². The van der Waals surface area contributed by atoms with Crippen LogP contribution in [-0.4, -0.2) is 20.7 Å². The SMILES string of the molecule is O=C(Nc1ccccn1)c1ccccc1Cn1nc(C(F)(F)F)c2c1CCCC2. The first-order chi connectivity index (χ1) is 13.9. The number of nitrogens with zero attached hydrogens (tertiary/aromatic N) is 3. The molecule has 0 spiro atoms. The number of carbonyl (C=O) groups is 1. The van der Waals surface area contributed by atoms with Gasteiger partial charge in [-0.2, -0.15) is 18.3 Å². The minimum absolute atomic E-state index is 0.101. The summed E-state index contributed by atoms with van der Waals surface area (Å²) < 4.78 is 41.7. The molecule has 2 aromatic heterocycles. The zero-order valence-electron chi connectivity index (χ0n) is 15.5. The zero-order chi connectivity index (χ0) is 20.4. The number of anilines is 1. The van der Waals surface area contributed by atoms with Crippen LogP contribution < -0.4 is 5.32 Å². The molecular weight excluding hydrogens is 381 g/mol. The molecule has 1 amide bonds. The largest absolute Gasteiger partial charge is 0.435 e. The molecular formula is C21H19F3N4O. The van der Waals surface area contributed by atoms with Crippen molar-refractivity contribution < 1.29 is 18.0 Å². The van der Waals surface area contributed by atoms with Gasteiger partial charge >= 0.3 is 6.18 Å². The zero-order valence-corrected chi connectivity index (χ0v) is 15.5. The van der Waals surface area contributed by atoms with E-state index >= 15 is 0 Å². The molecule has 0 bridgehead atoms. The van der Waals surface area contributed by atoms with Crippen LogP contribution in [0.3, 0.4) is 0 Å². The van der Waals surface area contributed by atoms with E-state index in [1.807, 2.05) is 0 Å². The number of fused-ring (bicyclic) bond motifs is 1. The summed E-state index contributed by atoms with van der Waals surface area (Å²) in [6.45, 7) is 0.101. The lowest BCUT2D eigenvalue weighted by Gasteiger charge is -2.16. The maximum Gasteiger partial charge on any atom is 0.435 e. The summed E-state index contributed by atoms with van der Waals surface area (Å²) in [4.78, 5) is 16.8. The highest BCUT2D eigenvalue weighted by Crippen LogP contribution is 2.36. The molecule has 0 aliphatic heterocycles. The van der Waals surface area contributed by atoms with Crippen molar-refractivity contribution in [2.24, 2.45) is 0 Å². The highest BCUT2D eigenvalue weighted by atomic mass is 19.4. The van der Waals surface area contributed by atoms with Crippen molar-refractivity contribution in [3.63, 3.8) is 0 Å². The van der Waals surface area contributed by atoms with Gasteiger partial charge in [-0.25, -0.2) is 4.98 Å². The van der Waals surface area contributed by atoms with Crippen LogP contribution in [0.2, 0.25) is 0 Å². The van der Waals surface area contributed by atoms with Crippen LogP contribution >= 0.6 is 0 Å². The Labute approximate surface area is 165 Å². The summed E-state index contributed by atoms with van der Waals surface area (Å²) in [6.07, 6.45) is -0.423. The molecule has 0 saturated heterocycles. The predicted octanol–water partition coefficient (Wildman–Crippen LogP) is 4.48. The number of hydrogen-bond donors (Lipinski definition) is 1. The monoisotopic (exact) mass is 400 g/mol. The first kappa shape index (κ1) is 19.2. The first-order valence-corrected chi connectivity index (χ1v) is 9.39. The average molecular weight is 400 g/mol. The molecule has 1 aromatic carbocycles. The van der Waals surface area contributed by atoms with Gasteiger partial charge in [-0.1, -0.05) is 24.3 Å². The van der Waals surface area contributed by atoms with Crippen LogP contribution in [0.4, 0.5) is 19.0 Å². The van der Waals surface area contributed by atoms with E-state index in [1.165, 1.54) is 4.68 Å². The van der Waals surface area contributed by atoms with E-state index in [-0.39, 0.29) is 12.5 Å². The van der Waals surface area contributed by atoms with Gasteiger partial charge in [-0.15, -0.1) is 0 Å². The third-order valence-corrected chi connectivity index (χ3v) is 5.01. The normalized spacial score (nSPS) is 13.8. The van der Waals surface area contributed by atoms with Crippen molar-refractivity contribution in [2.45, 2.75) is 38.4 Å². The fourth-order valence-electron chi connectivity index (χ4n) is 3.69. The first-order valence-electron chi connectivity index (χ1n) is 9.39. The van der Waals surface area contributed by atoms with Crippen LogP contribution in [0.1, 0.15) is 45.7 Å². The van der Waals surface area contributed by atoms with Crippen molar-refractivity contribution in [3.05, 3.63) is 76.7 Å². The number of amides is 1. The Kier molecular flexibility index (Phi) is 5.08. The molecule has 3 aromatic rings. The molecule has 0 atom stereocenters. The molecule has 150 valence electrons. The number of carbonyl (C=O) groups excluding carboxylic acids is 1. The van der Waals surface area contributed by atoms with Crippen LogP contribution in [0, 0.1) is 0 Å². The molecule has 2 heterocycles. The quantitative estimate of drug-likeness (QED) is 0.703. The van der Waals surface area contributed by atoms with Crippen LogP contribution in [0.5, 0.6) is 0 Å². The Bertz CT molecular complexity index is 1030. The van der Waals surface area contributed by atoms with Gasteiger partial charge in [-0.3, -0.25) is 9.48 Å². The summed E-state index contributed by atoms with van der Waals surface area (Å²) in [5.74, 6) is 0.0412. The van der Waals surface area contributed by atoms with Crippen molar-refractivity contribution in [2.75, 3.05) is 5.32 Å². The second-order valence-corrected chi connectivity index (χ2v) is 6.96. The number of hydrogen-bond acceptors (Lipinski definition) is 3. The van der Waals surface area contributed by atoms with E-state index in [0.29, 0.717) is 41.0 Å². The molecule has 8 heteroatoms. The summed E-state index contributed by atoms with van der Waals surface area (Å²) in [5.41, 5.74) is 1.09. The number of rotatable bonds is 4. The van der Waals surface area contributed by atoms with E-state index in [0.717, 1.165) is 12.8 Å². The molecule has 5 nitrogen and oxygen atoms in total. The van der Waals surface area contributed by atoms with Crippen molar-refractivity contribution >= 4 is 11.7 Å². The van der Waals surface area contributed by atoms with Gasteiger partial charge < -0.3 is 5.32 Å². The topological polar surface area (TPSA) is 59.8 Å². The van der Waals surface area contributed by atoms with Gasteiger partial charge in [0, 0.05) is 23.0 Å². The molecule has 1 N–H and O–H groups in total. The molecule has 0 radical (unpaired) electrons. The highest BCUT2D eigenvalue weighted by Gasteiger charge is 2.39. The van der Waals surface area contributed by atoms with Crippen LogP contribution in [0.25, 0.3) is 0 Å². The van der Waals surface area contributed by atoms with Crippen LogP contribution in [-0.2, 0) is 25.6 Å². The average Bonchev–Trinajstić information content (AvgIpc) is 3.08. The summed E-state index contributed by atoms with van der Waals surface area (Å²) in [7, 11) is 0. The van der Waals surface area contributed by atoms with E-state index in [2.05, 4.69) is 15.4 Å². The second-order valence-electron chi connectivity index (χ2n) is 6.96. The molecule has 0 fully saturated rings. The summed E-state index contributed by atoms with van der Waals surface area (Å²) >= 11 is 0. The van der Waals surface area contributed by atoms with E-state index in [4.69, 9.17) is 0 Å². The van der Waals surface area contributed by atoms with Crippen molar-refractivity contribution in [3.8, 4) is 0 Å². The van der Waals surface area contributed by atoms with Gasteiger partial charge in [0.05, 0.1) is 6.54 Å².